The fourth-order valence-electron chi connectivity index (χ4n) is 2.82. The summed E-state index contributed by atoms with van der Waals surface area (Å²) < 4.78 is 5.39. The lowest BCUT2D eigenvalue weighted by atomic mass is 9.70. The molecule has 0 radical (unpaired) electrons. The number of nitrogens with zero attached hydrogens (tertiary/aromatic N) is 1. The van der Waals surface area contributed by atoms with Gasteiger partial charge in [0.2, 0.25) is 0 Å². The summed E-state index contributed by atoms with van der Waals surface area (Å²) in [5.41, 5.74) is 0.559. The molecule has 1 saturated carbocycles. The monoisotopic (exact) mass is 229 g/mol. The van der Waals surface area contributed by atoms with Gasteiger partial charge in [-0.25, -0.2) is 0 Å². The average Bonchev–Trinajstić information content (AvgIpc) is 2.24. The summed E-state index contributed by atoms with van der Waals surface area (Å²) in [6.45, 7) is 3.70. The Morgan fingerprint density at radius 2 is 2.00 bits per heavy atom. The summed E-state index contributed by atoms with van der Waals surface area (Å²) in [4.78, 5) is 2.62. The van der Waals surface area contributed by atoms with Crippen molar-refractivity contribution in [3.8, 4) is 0 Å². The number of hydrogen-bond donors (Lipinski definition) is 1. The third-order valence-corrected chi connectivity index (χ3v) is 4.85. The smallest absolute Gasteiger partial charge is 0.0595 e. The predicted octanol–water partition coefficient (Wildman–Crippen LogP) is 2.20. The van der Waals surface area contributed by atoms with E-state index in [9.17, 15) is 0 Å². The quantitative estimate of drug-likeness (QED) is 0.742. The minimum Gasteiger partial charge on any atom is -0.381 e. The molecule has 2 aliphatic rings. The van der Waals surface area contributed by atoms with Crippen molar-refractivity contribution in [1.82, 2.24) is 4.90 Å². The third kappa shape index (κ3) is 2.69. The first-order valence-corrected chi connectivity index (χ1v) is 6.77. The molecule has 1 heterocycles. The van der Waals surface area contributed by atoms with Gasteiger partial charge in [-0.2, -0.15) is 12.6 Å². The van der Waals surface area contributed by atoms with E-state index in [1.54, 1.807) is 0 Å². The molecule has 0 atom stereocenters. The number of piperidine rings is 1. The molecular formula is C12H23NOS. The molecule has 0 aromatic heterocycles. The molecule has 1 aliphatic carbocycles. The maximum atomic E-state index is 5.39. The maximum absolute atomic E-state index is 5.39. The molecule has 88 valence electrons. The lowest BCUT2D eigenvalue weighted by Crippen LogP contribution is -2.47. The molecule has 1 aliphatic heterocycles. The Kier molecular flexibility index (Phi) is 3.97. The van der Waals surface area contributed by atoms with Crippen molar-refractivity contribution in [3.05, 3.63) is 0 Å². The Morgan fingerprint density at radius 3 is 2.40 bits per heavy atom. The predicted molar refractivity (Wildman–Crippen MR) is 66.6 cm³/mol. The van der Waals surface area contributed by atoms with Crippen LogP contribution in [0, 0.1) is 5.41 Å². The Morgan fingerprint density at radius 1 is 1.33 bits per heavy atom. The van der Waals surface area contributed by atoms with Crippen LogP contribution in [0.15, 0.2) is 0 Å². The average molecular weight is 229 g/mol. The van der Waals surface area contributed by atoms with Crippen molar-refractivity contribution in [2.45, 2.75) is 38.2 Å². The fraction of sp³-hybridized carbons (Fsp3) is 1.00. The van der Waals surface area contributed by atoms with E-state index in [0.29, 0.717) is 11.5 Å². The van der Waals surface area contributed by atoms with Crippen LogP contribution in [0.4, 0.5) is 0 Å². The fourth-order valence-corrected chi connectivity index (χ4v) is 3.24. The molecule has 0 bridgehead atoms. The second-order valence-electron chi connectivity index (χ2n) is 5.22. The SMILES string of the molecule is COC1CCN(CC2(CS)CCC2)CC1. The summed E-state index contributed by atoms with van der Waals surface area (Å²) >= 11 is 4.52. The van der Waals surface area contributed by atoms with E-state index in [-0.39, 0.29) is 0 Å². The first-order chi connectivity index (χ1) is 7.28. The standard InChI is InChI=1S/C12H23NOS/c1-14-11-3-7-13(8-4-11)9-12(10-15)5-2-6-12/h11,15H,2-10H2,1H3. The second-order valence-corrected chi connectivity index (χ2v) is 5.54. The number of ether oxygens (including phenoxy) is 1. The molecule has 0 spiro atoms. The molecule has 2 rings (SSSR count). The van der Waals surface area contributed by atoms with Crippen LogP contribution in [0.5, 0.6) is 0 Å². The largest absolute Gasteiger partial charge is 0.381 e. The van der Waals surface area contributed by atoms with Gasteiger partial charge in [0.25, 0.3) is 0 Å². The van der Waals surface area contributed by atoms with Crippen LogP contribution < -0.4 is 0 Å². The van der Waals surface area contributed by atoms with Crippen molar-refractivity contribution in [2.24, 2.45) is 5.41 Å². The Balaban J connectivity index is 1.76. The zero-order chi connectivity index (χ0) is 10.7. The van der Waals surface area contributed by atoms with E-state index in [2.05, 4.69) is 17.5 Å². The van der Waals surface area contributed by atoms with E-state index in [0.717, 1.165) is 5.75 Å². The van der Waals surface area contributed by atoms with Crippen LogP contribution in [-0.4, -0.2) is 43.5 Å². The van der Waals surface area contributed by atoms with Crippen LogP contribution in [0.1, 0.15) is 32.1 Å². The van der Waals surface area contributed by atoms with E-state index < -0.39 is 0 Å². The first kappa shape index (κ1) is 11.7. The van der Waals surface area contributed by atoms with Gasteiger partial charge >= 0.3 is 0 Å². The van der Waals surface area contributed by atoms with Gasteiger partial charge < -0.3 is 9.64 Å². The molecule has 1 saturated heterocycles. The number of rotatable bonds is 4. The number of methoxy groups -OCH3 is 1. The first-order valence-electron chi connectivity index (χ1n) is 6.14. The molecule has 0 aromatic rings. The Bertz CT molecular complexity index is 192. The van der Waals surface area contributed by atoms with Crippen molar-refractivity contribution < 1.29 is 4.74 Å². The topological polar surface area (TPSA) is 12.5 Å². The van der Waals surface area contributed by atoms with Gasteiger partial charge in [-0.3, -0.25) is 0 Å². The summed E-state index contributed by atoms with van der Waals surface area (Å²) in [6, 6.07) is 0. The van der Waals surface area contributed by atoms with Gasteiger partial charge in [0.15, 0.2) is 0 Å². The summed E-state index contributed by atoms with van der Waals surface area (Å²) in [5.74, 6) is 1.07. The van der Waals surface area contributed by atoms with Crippen molar-refractivity contribution in [2.75, 3.05) is 32.5 Å². The molecule has 0 unspecified atom stereocenters. The second kappa shape index (κ2) is 5.07. The van der Waals surface area contributed by atoms with Crippen LogP contribution in [-0.2, 0) is 4.74 Å². The minimum atomic E-state index is 0.509. The maximum Gasteiger partial charge on any atom is 0.0595 e. The normalized spacial score (nSPS) is 27.6. The zero-order valence-corrected chi connectivity index (χ0v) is 10.6. The number of likely N-dealkylation sites (tertiary alicyclic amines) is 1. The van der Waals surface area contributed by atoms with Gasteiger partial charge in [-0.1, -0.05) is 6.42 Å². The summed E-state index contributed by atoms with van der Waals surface area (Å²) in [6.07, 6.45) is 7.11. The van der Waals surface area contributed by atoms with E-state index in [4.69, 9.17) is 4.74 Å². The lowest BCUT2D eigenvalue weighted by molar-refractivity contribution is 0.0150. The Labute approximate surface area is 98.8 Å². The van der Waals surface area contributed by atoms with E-state index in [1.165, 1.54) is 51.7 Å². The molecule has 0 N–H and O–H groups in total. The van der Waals surface area contributed by atoms with Crippen LogP contribution in [0.25, 0.3) is 0 Å². The van der Waals surface area contributed by atoms with Gasteiger partial charge in [-0.15, -0.1) is 0 Å². The molecule has 0 amide bonds. The number of hydrogen-bond acceptors (Lipinski definition) is 3. The highest BCUT2D eigenvalue weighted by molar-refractivity contribution is 7.80. The molecule has 0 aromatic carbocycles. The molecule has 2 fully saturated rings. The van der Waals surface area contributed by atoms with Crippen LogP contribution in [0.2, 0.25) is 0 Å². The summed E-state index contributed by atoms with van der Waals surface area (Å²) in [7, 11) is 1.83. The highest BCUT2D eigenvalue weighted by Crippen LogP contribution is 2.42. The molecule has 3 heteroatoms. The molecule has 2 nitrogen and oxygen atoms in total. The van der Waals surface area contributed by atoms with Gasteiger partial charge in [0.05, 0.1) is 6.10 Å². The zero-order valence-electron chi connectivity index (χ0n) is 9.74. The minimum absolute atomic E-state index is 0.509. The van der Waals surface area contributed by atoms with Gasteiger partial charge in [-0.05, 0) is 36.9 Å². The highest BCUT2D eigenvalue weighted by atomic mass is 32.1. The Hall–Kier alpha value is 0.270. The van der Waals surface area contributed by atoms with Crippen molar-refractivity contribution >= 4 is 12.6 Å². The summed E-state index contributed by atoms with van der Waals surface area (Å²) in [5, 5.41) is 0. The molecular weight excluding hydrogens is 206 g/mol. The van der Waals surface area contributed by atoms with E-state index >= 15 is 0 Å². The van der Waals surface area contributed by atoms with Crippen LogP contribution in [0.3, 0.4) is 0 Å². The van der Waals surface area contributed by atoms with Gasteiger partial charge in [0.1, 0.15) is 0 Å². The lowest BCUT2D eigenvalue weighted by Gasteiger charge is -2.45. The van der Waals surface area contributed by atoms with Gasteiger partial charge in [0, 0.05) is 26.7 Å². The highest BCUT2D eigenvalue weighted by Gasteiger charge is 2.37. The van der Waals surface area contributed by atoms with Crippen LogP contribution >= 0.6 is 12.6 Å². The van der Waals surface area contributed by atoms with Crippen molar-refractivity contribution in [1.29, 1.82) is 0 Å². The number of thiol groups is 1. The third-order valence-electron chi connectivity index (χ3n) is 4.18. The van der Waals surface area contributed by atoms with E-state index in [1.807, 2.05) is 7.11 Å². The van der Waals surface area contributed by atoms with Crippen molar-refractivity contribution in [3.63, 3.8) is 0 Å². The molecule has 15 heavy (non-hydrogen) atoms.